The third kappa shape index (κ3) is 2.57. The molecule has 1 aromatic carbocycles. The van der Waals surface area contributed by atoms with Crippen LogP contribution in [0, 0.1) is 17.0 Å². The summed E-state index contributed by atoms with van der Waals surface area (Å²) in [5.74, 6) is -3.57. The Balaban J connectivity index is 1.89. The number of amides is 1. The van der Waals surface area contributed by atoms with E-state index < -0.39 is 28.9 Å². The number of carboxylic acids is 1. The van der Waals surface area contributed by atoms with Gasteiger partial charge in [-0.25, -0.2) is 8.78 Å². The molecule has 0 bridgehead atoms. The summed E-state index contributed by atoms with van der Waals surface area (Å²) in [6.07, 6.45) is 0.760. The van der Waals surface area contributed by atoms with Crippen molar-refractivity contribution in [1.29, 1.82) is 0 Å². The third-order valence-corrected chi connectivity index (χ3v) is 3.31. The first kappa shape index (κ1) is 13.5. The van der Waals surface area contributed by atoms with Crippen LogP contribution in [0.1, 0.15) is 18.4 Å². The van der Waals surface area contributed by atoms with Gasteiger partial charge < -0.3 is 10.4 Å². The second-order valence-electron chi connectivity index (χ2n) is 4.61. The first-order valence-electron chi connectivity index (χ1n) is 5.92. The minimum Gasteiger partial charge on any atom is -0.480 e. The summed E-state index contributed by atoms with van der Waals surface area (Å²) in [5.41, 5.74) is -1.15. The SMILES string of the molecule is O=C(O)C1(C(=O)NCCc2cccc(F)c2F)CC1. The summed E-state index contributed by atoms with van der Waals surface area (Å²) in [6.45, 7) is 0.0776. The van der Waals surface area contributed by atoms with Gasteiger partial charge in [0, 0.05) is 6.54 Å². The number of carbonyl (C=O) groups is 2. The molecule has 2 rings (SSSR count). The van der Waals surface area contributed by atoms with Crippen LogP contribution in [-0.4, -0.2) is 23.5 Å². The molecule has 102 valence electrons. The van der Waals surface area contributed by atoms with E-state index in [1.807, 2.05) is 0 Å². The second kappa shape index (κ2) is 4.95. The van der Waals surface area contributed by atoms with Gasteiger partial charge in [0.05, 0.1) is 0 Å². The maximum absolute atomic E-state index is 13.3. The average Bonchev–Trinajstić information content (AvgIpc) is 3.15. The van der Waals surface area contributed by atoms with Crippen molar-refractivity contribution in [1.82, 2.24) is 5.32 Å². The molecular weight excluding hydrogens is 256 g/mol. The number of carbonyl (C=O) groups excluding carboxylic acids is 1. The summed E-state index contributed by atoms with van der Waals surface area (Å²) in [4.78, 5) is 22.5. The minimum absolute atomic E-state index is 0.0776. The van der Waals surface area contributed by atoms with Crippen molar-refractivity contribution in [2.75, 3.05) is 6.54 Å². The van der Waals surface area contributed by atoms with Crippen LogP contribution >= 0.6 is 0 Å². The Kier molecular flexibility index (Phi) is 3.50. The van der Waals surface area contributed by atoms with Gasteiger partial charge in [0.25, 0.3) is 0 Å². The molecule has 0 heterocycles. The normalized spacial score (nSPS) is 15.9. The summed E-state index contributed by atoms with van der Waals surface area (Å²) in [6, 6.07) is 3.82. The molecular formula is C13H13F2NO3. The van der Waals surface area contributed by atoms with E-state index in [0.29, 0.717) is 12.8 Å². The van der Waals surface area contributed by atoms with Gasteiger partial charge in [0.1, 0.15) is 5.41 Å². The molecule has 1 saturated carbocycles. The van der Waals surface area contributed by atoms with Gasteiger partial charge in [-0.1, -0.05) is 12.1 Å². The highest BCUT2D eigenvalue weighted by atomic mass is 19.2. The third-order valence-electron chi connectivity index (χ3n) is 3.31. The lowest BCUT2D eigenvalue weighted by atomic mass is 10.1. The molecule has 0 atom stereocenters. The number of hydrogen-bond donors (Lipinski definition) is 2. The van der Waals surface area contributed by atoms with Crippen LogP contribution in [0.2, 0.25) is 0 Å². The lowest BCUT2D eigenvalue weighted by Gasteiger charge is -2.11. The maximum Gasteiger partial charge on any atom is 0.319 e. The van der Waals surface area contributed by atoms with Crippen LogP contribution in [0.25, 0.3) is 0 Å². The molecule has 0 radical (unpaired) electrons. The molecule has 0 saturated heterocycles. The summed E-state index contributed by atoms with van der Waals surface area (Å²) in [5, 5.41) is 11.4. The molecule has 0 spiro atoms. The first-order valence-corrected chi connectivity index (χ1v) is 5.92. The van der Waals surface area contributed by atoms with Crippen LogP contribution in [0.3, 0.4) is 0 Å². The molecule has 2 N–H and O–H groups in total. The first-order chi connectivity index (χ1) is 8.97. The molecule has 0 aromatic heterocycles. The predicted molar refractivity (Wildman–Crippen MR) is 62.4 cm³/mol. The Morgan fingerprint density at radius 3 is 2.58 bits per heavy atom. The molecule has 1 amide bonds. The smallest absolute Gasteiger partial charge is 0.319 e. The van der Waals surface area contributed by atoms with Crippen molar-refractivity contribution in [3.63, 3.8) is 0 Å². The Labute approximate surface area is 108 Å². The van der Waals surface area contributed by atoms with Crippen molar-refractivity contribution < 1.29 is 23.5 Å². The van der Waals surface area contributed by atoms with Crippen molar-refractivity contribution >= 4 is 11.9 Å². The Bertz CT molecular complexity index is 527. The van der Waals surface area contributed by atoms with E-state index in [4.69, 9.17) is 5.11 Å². The van der Waals surface area contributed by atoms with Crippen LogP contribution < -0.4 is 5.32 Å². The predicted octanol–water partition coefficient (Wildman–Crippen LogP) is 1.49. The van der Waals surface area contributed by atoms with Gasteiger partial charge >= 0.3 is 5.97 Å². The number of rotatable bonds is 5. The van der Waals surface area contributed by atoms with Gasteiger partial charge in [-0.2, -0.15) is 0 Å². The molecule has 1 aliphatic carbocycles. The van der Waals surface area contributed by atoms with Crippen molar-refractivity contribution in [3.8, 4) is 0 Å². The number of hydrogen-bond acceptors (Lipinski definition) is 2. The maximum atomic E-state index is 13.3. The van der Waals surface area contributed by atoms with Crippen LogP contribution in [0.15, 0.2) is 18.2 Å². The quantitative estimate of drug-likeness (QED) is 0.796. The Morgan fingerprint density at radius 2 is 2.00 bits per heavy atom. The standard InChI is InChI=1S/C13H13F2NO3/c14-9-3-1-2-8(10(9)15)4-7-16-11(17)13(5-6-13)12(18)19/h1-3H,4-7H2,(H,16,17)(H,18,19). The molecule has 4 nitrogen and oxygen atoms in total. The number of benzene rings is 1. The fourth-order valence-corrected chi connectivity index (χ4v) is 1.88. The zero-order valence-corrected chi connectivity index (χ0v) is 10.1. The van der Waals surface area contributed by atoms with E-state index in [1.54, 1.807) is 0 Å². The lowest BCUT2D eigenvalue weighted by Crippen LogP contribution is -2.38. The minimum atomic E-state index is -1.31. The van der Waals surface area contributed by atoms with Gasteiger partial charge in [0.15, 0.2) is 11.6 Å². The van der Waals surface area contributed by atoms with E-state index in [2.05, 4.69) is 5.32 Å². The number of aliphatic carboxylic acids is 1. The van der Waals surface area contributed by atoms with E-state index >= 15 is 0 Å². The summed E-state index contributed by atoms with van der Waals surface area (Å²) in [7, 11) is 0. The zero-order chi connectivity index (χ0) is 14.0. The van der Waals surface area contributed by atoms with E-state index in [1.165, 1.54) is 12.1 Å². The number of carboxylic acid groups (broad SMARTS) is 1. The van der Waals surface area contributed by atoms with Gasteiger partial charge in [-0.05, 0) is 30.9 Å². The van der Waals surface area contributed by atoms with E-state index in [9.17, 15) is 18.4 Å². The number of halogens is 2. The molecule has 0 unspecified atom stereocenters. The van der Waals surface area contributed by atoms with Crippen LogP contribution in [-0.2, 0) is 16.0 Å². The Hall–Kier alpha value is -1.98. The lowest BCUT2D eigenvalue weighted by molar-refractivity contribution is -0.149. The Morgan fingerprint density at radius 1 is 1.32 bits per heavy atom. The van der Waals surface area contributed by atoms with Gasteiger partial charge in [-0.3, -0.25) is 9.59 Å². The van der Waals surface area contributed by atoms with Crippen LogP contribution in [0.4, 0.5) is 8.78 Å². The van der Waals surface area contributed by atoms with Crippen molar-refractivity contribution in [2.24, 2.45) is 5.41 Å². The van der Waals surface area contributed by atoms with E-state index in [0.717, 1.165) is 6.07 Å². The topological polar surface area (TPSA) is 66.4 Å². The molecule has 19 heavy (non-hydrogen) atoms. The number of nitrogens with one attached hydrogen (secondary N) is 1. The molecule has 1 aromatic rings. The molecule has 0 aliphatic heterocycles. The fourth-order valence-electron chi connectivity index (χ4n) is 1.88. The van der Waals surface area contributed by atoms with Crippen molar-refractivity contribution in [2.45, 2.75) is 19.3 Å². The highest BCUT2D eigenvalue weighted by Gasteiger charge is 2.56. The van der Waals surface area contributed by atoms with Crippen LogP contribution in [0.5, 0.6) is 0 Å². The van der Waals surface area contributed by atoms with Gasteiger partial charge in [-0.15, -0.1) is 0 Å². The summed E-state index contributed by atoms with van der Waals surface area (Å²) < 4.78 is 26.2. The highest BCUT2D eigenvalue weighted by molar-refractivity contribution is 6.04. The molecule has 1 fully saturated rings. The zero-order valence-electron chi connectivity index (χ0n) is 10.1. The fraction of sp³-hybridized carbons (Fsp3) is 0.385. The molecule has 1 aliphatic rings. The molecule has 6 heteroatoms. The highest BCUT2D eigenvalue weighted by Crippen LogP contribution is 2.46. The monoisotopic (exact) mass is 269 g/mol. The summed E-state index contributed by atoms with van der Waals surface area (Å²) >= 11 is 0. The van der Waals surface area contributed by atoms with Crippen molar-refractivity contribution in [3.05, 3.63) is 35.4 Å². The van der Waals surface area contributed by atoms with Gasteiger partial charge in [0.2, 0.25) is 5.91 Å². The van der Waals surface area contributed by atoms with E-state index in [-0.39, 0.29) is 18.5 Å². The second-order valence-corrected chi connectivity index (χ2v) is 4.61. The largest absolute Gasteiger partial charge is 0.480 e. The average molecular weight is 269 g/mol.